The molecule has 2 saturated carbocycles. The number of carbonyl (C=O) groups excluding carboxylic acids is 1. The van der Waals surface area contributed by atoms with Crippen LogP contribution in [0.3, 0.4) is 0 Å². The molecule has 0 amide bonds. The minimum Gasteiger partial charge on any atom is -0.458 e. The average molecular weight is 329 g/mol. The molecule has 3 rings (SSSR count). The Bertz CT molecular complexity index is 683. The molecule has 3 atom stereocenters. The van der Waals surface area contributed by atoms with Crippen LogP contribution in [0.1, 0.15) is 36.0 Å². The summed E-state index contributed by atoms with van der Waals surface area (Å²) in [5, 5.41) is 0.119. The van der Waals surface area contributed by atoms with Crippen LogP contribution < -0.4 is 0 Å². The van der Waals surface area contributed by atoms with Gasteiger partial charge in [-0.25, -0.2) is 13.2 Å². The van der Waals surface area contributed by atoms with Gasteiger partial charge in [0.2, 0.25) is 0 Å². The standard InChI is InChI=1S/C15H17ClO4S/c1-21(18,19)14-8-11(4-5-12(14)16)15(17)20-13-7-9-2-3-10(13)6-9/h4-5,8-10,13H,2-3,6-7H2,1H3. The Balaban J connectivity index is 1.79. The van der Waals surface area contributed by atoms with Gasteiger partial charge >= 0.3 is 5.97 Å². The zero-order valence-corrected chi connectivity index (χ0v) is 13.3. The lowest BCUT2D eigenvalue weighted by Crippen LogP contribution is -2.24. The Morgan fingerprint density at radius 3 is 2.62 bits per heavy atom. The Labute approximate surface area is 129 Å². The van der Waals surface area contributed by atoms with Crippen LogP contribution >= 0.6 is 11.6 Å². The van der Waals surface area contributed by atoms with E-state index in [1.807, 2.05) is 0 Å². The maximum absolute atomic E-state index is 12.2. The predicted octanol–water partition coefficient (Wildman–Crippen LogP) is 3.09. The summed E-state index contributed by atoms with van der Waals surface area (Å²) in [6.45, 7) is 0. The molecule has 114 valence electrons. The largest absolute Gasteiger partial charge is 0.458 e. The Hall–Kier alpha value is -1.07. The van der Waals surface area contributed by atoms with E-state index in [9.17, 15) is 13.2 Å². The fourth-order valence-electron chi connectivity index (χ4n) is 3.45. The van der Waals surface area contributed by atoms with E-state index >= 15 is 0 Å². The zero-order valence-electron chi connectivity index (χ0n) is 11.7. The molecule has 21 heavy (non-hydrogen) atoms. The summed E-state index contributed by atoms with van der Waals surface area (Å²) in [4.78, 5) is 12.2. The number of hydrogen-bond donors (Lipinski definition) is 0. The number of rotatable bonds is 3. The number of esters is 1. The molecule has 0 spiro atoms. The molecule has 2 aliphatic carbocycles. The molecule has 4 nitrogen and oxygen atoms in total. The van der Waals surface area contributed by atoms with Crippen molar-refractivity contribution in [2.24, 2.45) is 11.8 Å². The van der Waals surface area contributed by atoms with Crippen molar-refractivity contribution in [2.45, 2.75) is 36.7 Å². The van der Waals surface area contributed by atoms with Crippen molar-refractivity contribution < 1.29 is 17.9 Å². The third kappa shape index (κ3) is 2.94. The van der Waals surface area contributed by atoms with E-state index in [-0.39, 0.29) is 21.6 Å². The summed E-state index contributed by atoms with van der Waals surface area (Å²) in [6, 6.07) is 4.23. The lowest BCUT2D eigenvalue weighted by atomic mass is 9.98. The third-order valence-corrected chi connectivity index (χ3v) is 6.08. The second kappa shape index (κ2) is 5.29. The van der Waals surface area contributed by atoms with Gasteiger partial charge in [0.15, 0.2) is 9.84 Å². The smallest absolute Gasteiger partial charge is 0.338 e. The number of carbonyl (C=O) groups is 1. The Morgan fingerprint density at radius 2 is 2.05 bits per heavy atom. The van der Waals surface area contributed by atoms with Gasteiger partial charge in [-0.2, -0.15) is 0 Å². The van der Waals surface area contributed by atoms with Crippen molar-refractivity contribution >= 4 is 27.4 Å². The Morgan fingerprint density at radius 1 is 1.29 bits per heavy atom. The number of halogens is 1. The summed E-state index contributed by atoms with van der Waals surface area (Å²) < 4.78 is 28.8. The van der Waals surface area contributed by atoms with Gasteiger partial charge in [0, 0.05) is 6.26 Å². The van der Waals surface area contributed by atoms with Crippen LogP contribution in [-0.2, 0) is 14.6 Å². The number of fused-ring (bicyclic) bond motifs is 2. The van der Waals surface area contributed by atoms with E-state index in [2.05, 4.69) is 0 Å². The molecular weight excluding hydrogens is 312 g/mol. The van der Waals surface area contributed by atoms with E-state index in [1.165, 1.54) is 24.6 Å². The molecule has 2 bridgehead atoms. The SMILES string of the molecule is CS(=O)(=O)c1cc(C(=O)OC2CC3CCC2C3)ccc1Cl. The average Bonchev–Trinajstić information content (AvgIpc) is 3.00. The normalized spacial score (nSPS) is 27.8. The number of hydrogen-bond acceptors (Lipinski definition) is 4. The highest BCUT2D eigenvalue weighted by Crippen LogP contribution is 2.46. The second-order valence-corrected chi connectivity index (χ2v) is 8.43. The highest BCUT2D eigenvalue weighted by Gasteiger charge is 2.41. The molecule has 0 aromatic heterocycles. The molecule has 0 radical (unpaired) electrons. The van der Waals surface area contributed by atoms with E-state index in [0.29, 0.717) is 11.8 Å². The van der Waals surface area contributed by atoms with Crippen LogP contribution in [0.2, 0.25) is 5.02 Å². The molecule has 6 heteroatoms. The summed E-state index contributed by atoms with van der Waals surface area (Å²) in [5.74, 6) is 0.694. The van der Waals surface area contributed by atoms with Crippen LogP contribution in [0.25, 0.3) is 0 Å². The molecule has 2 aliphatic rings. The third-order valence-electron chi connectivity index (χ3n) is 4.50. The zero-order chi connectivity index (χ0) is 15.2. The van der Waals surface area contributed by atoms with Gasteiger partial charge in [0.05, 0.1) is 15.5 Å². The van der Waals surface area contributed by atoms with Crippen molar-refractivity contribution in [3.8, 4) is 0 Å². The maximum atomic E-state index is 12.2. The molecule has 0 aliphatic heterocycles. The van der Waals surface area contributed by atoms with Crippen LogP contribution in [0.5, 0.6) is 0 Å². The van der Waals surface area contributed by atoms with Gasteiger partial charge in [-0.05, 0) is 55.7 Å². The van der Waals surface area contributed by atoms with Crippen molar-refractivity contribution in [3.05, 3.63) is 28.8 Å². The van der Waals surface area contributed by atoms with E-state index < -0.39 is 15.8 Å². The molecule has 1 aromatic rings. The fraction of sp³-hybridized carbons (Fsp3) is 0.533. The van der Waals surface area contributed by atoms with E-state index in [0.717, 1.165) is 25.5 Å². The van der Waals surface area contributed by atoms with Gasteiger partial charge in [-0.1, -0.05) is 11.6 Å². The molecule has 2 fully saturated rings. The lowest BCUT2D eigenvalue weighted by Gasteiger charge is -2.22. The monoisotopic (exact) mass is 328 g/mol. The fourth-order valence-corrected chi connectivity index (χ4v) is 4.75. The van der Waals surface area contributed by atoms with Gasteiger partial charge in [0.1, 0.15) is 6.10 Å². The quantitative estimate of drug-likeness (QED) is 0.800. The first-order chi connectivity index (χ1) is 9.84. The molecule has 0 heterocycles. The van der Waals surface area contributed by atoms with Crippen LogP contribution in [0, 0.1) is 11.8 Å². The second-order valence-electron chi connectivity index (χ2n) is 6.04. The molecule has 3 unspecified atom stereocenters. The molecule has 0 N–H and O–H groups in total. The lowest BCUT2D eigenvalue weighted by molar-refractivity contribution is 0.0158. The highest BCUT2D eigenvalue weighted by atomic mass is 35.5. The predicted molar refractivity (Wildman–Crippen MR) is 79.2 cm³/mol. The molecule has 0 saturated heterocycles. The Kier molecular flexibility index (Phi) is 3.74. The van der Waals surface area contributed by atoms with Crippen molar-refractivity contribution in [1.29, 1.82) is 0 Å². The molecular formula is C15H17ClO4S. The van der Waals surface area contributed by atoms with Gasteiger partial charge in [0.25, 0.3) is 0 Å². The summed E-state index contributed by atoms with van der Waals surface area (Å²) in [5.41, 5.74) is 0.239. The first-order valence-corrected chi connectivity index (χ1v) is 9.32. The summed E-state index contributed by atoms with van der Waals surface area (Å²) in [6.07, 6.45) is 5.49. The van der Waals surface area contributed by atoms with Gasteiger partial charge in [-0.15, -0.1) is 0 Å². The van der Waals surface area contributed by atoms with Gasteiger partial charge in [-0.3, -0.25) is 0 Å². The number of ether oxygens (including phenoxy) is 1. The van der Waals surface area contributed by atoms with Gasteiger partial charge < -0.3 is 4.74 Å². The topological polar surface area (TPSA) is 60.4 Å². The number of benzene rings is 1. The van der Waals surface area contributed by atoms with Crippen molar-refractivity contribution in [3.63, 3.8) is 0 Å². The maximum Gasteiger partial charge on any atom is 0.338 e. The van der Waals surface area contributed by atoms with Crippen molar-refractivity contribution in [2.75, 3.05) is 6.26 Å². The summed E-state index contributed by atoms with van der Waals surface area (Å²) in [7, 11) is -3.46. The minimum absolute atomic E-state index is 0.0198. The molecule has 1 aromatic carbocycles. The van der Waals surface area contributed by atoms with Crippen LogP contribution in [0.4, 0.5) is 0 Å². The highest BCUT2D eigenvalue weighted by molar-refractivity contribution is 7.90. The first kappa shape index (κ1) is 14.9. The summed E-state index contributed by atoms with van der Waals surface area (Å²) >= 11 is 5.88. The minimum atomic E-state index is -3.46. The van der Waals surface area contributed by atoms with E-state index in [4.69, 9.17) is 16.3 Å². The van der Waals surface area contributed by atoms with Crippen LogP contribution in [-0.4, -0.2) is 26.7 Å². The van der Waals surface area contributed by atoms with Crippen LogP contribution in [0.15, 0.2) is 23.1 Å². The number of sulfone groups is 1. The van der Waals surface area contributed by atoms with Crippen molar-refractivity contribution in [1.82, 2.24) is 0 Å². The first-order valence-electron chi connectivity index (χ1n) is 7.05. The van der Waals surface area contributed by atoms with E-state index in [1.54, 1.807) is 0 Å².